The molecule has 1 aliphatic carbocycles. The molecule has 0 spiro atoms. The molecule has 2 aliphatic heterocycles. The Hall–Kier alpha value is -0.610. The van der Waals surface area contributed by atoms with Crippen LogP contribution in [0.25, 0.3) is 0 Å². The molecule has 1 atom stereocenters. The maximum atomic E-state index is 12.7. The lowest BCUT2D eigenvalue weighted by atomic mass is 9.81. The van der Waals surface area contributed by atoms with E-state index in [9.17, 15) is 4.79 Å². The zero-order valence-electron chi connectivity index (χ0n) is 11.9. The first kappa shape index (κ1) is 13.4. The summed E-state index contributed by atoms with van der Waals surface area (Å²) in [6, 6.07) is 0.596. The second-order valence-corrected chi connectivity index (χ2v) is 6.65. The first-order valence-electron chi connectivity index (χ1n) is 8.01. The number of hydrogen-bond donors (Lipinski definition) is 1. The van der Waals surface area contributed by atoms with Crippen molar-refractivity contribution >= 4 is 5.91 Å². The third kappa shape index (κ3) is 2.65. The Balaban J connectivity index is 1.64. The van der Waals surface area contributed by atoms with Crippen molar-refractivity contribution in [2.24, 2.45) is 5.73 Å². The van der Waals surface area contributed by atoms with Crippen LogP contribution in [0.3, 0.4) is 0 Å². The van der Waals surface area contributed by atoms with Crippen LogP contribution in [0.4, 0.5) is 0 Å². The Labute approximate surface area is 116 Å². The van der Waals surface area contributed by atoms with Crippen LogP contribution in [-0.4, -0.2) is 53.5 Å². The topological polar surface area (TPSA) is 49.6 Å². The van der Waals surface area contributed by atoms with Crippen LogP contribution in [0, 0.1) is 0 Å². The number of carbonyl (C=O) groups is 1. The summed E-state index contributed by atoms with van der Waals surface area (Å²) in [4.78, 5) is 17.4. The monoisotopic (exact) mass is 265 g/mol. The number of rotatable bonds is 1. The molecule has 1 unspecified atom stereocenters. The van der Waals surface area contributed by atoms with Crippen LogP contribution >= 0.6 is 0 Å². The molecule has 2 heterocycles. The van der Waals surface area contributed by atoms with Crippen molar-refractivity contribution < 1.29 is 4.79 Å². The molecular formula is C15H27N3O. The maximum Gasteiger partial charge on any atom is 0.242 e. The maximum absolute atomic E-state index is 12.7. The quantitative estimate of drug-likeness (QED) is 0.778. The molecule has 4 nitrogen and oxygen atoms in total. The molecule has 1 amide bonds. The van der Waals surface area contributed by atoms with Gasteiger partial charge in [0.15, 0.2) is 0 Å². The number of piperidine rings is 1. The third-order valence-electron chi connectivity index (χ3n) is 5.30. The highest BCUT2D eigenvalue weighted by Gasteiger charge is 2.41. The van der Waals surface area contributed by atoms with Gasteiger partial charge in [0.2, 0.25) is 5.91 Å². The number of nitrogens with two attached hydrogens (primary N) is 1. The molecule has 0 aromatic rings. The van der Waals surface area contributed by atoms with Gasteiger partial charge in [0, 0.05) is 25.7 Å². The summed E-state index contributed by atoms with van der Waals surface area (Å²) in [5.74, 6) is 0.234. The second kappa shape index (κ2) is 5.41. The van der Waals surface area contributed by atoms with Gasteiger partial charge in [0.05, 0.1) is 5.54 Å². The highest BCUT2D eigenvalue weighted by Crippen LogP contribution is 2.29. The van der Waals surface area contributed by atoms with Gasteiger partial charge in [-0.2, -0.15) is 0 Å². The molecule has 19 heavy (non-hydrogen) atoms. The molecule has 3 aliphatic rings. The molecular weight excluding hydrogens is 238 g/mol. The van der Waals surface area contributed by atoms with E-state index in [0.29, 0.717) is 6.04 Å². The average Bonchev–Trinajstić information content (AvgIpc) is 2.47. The first-order valence-corrected chi connectivity index (χ1v) is 8.01. The Morgan fingerprint density at radius 3 is 2.58 bits per heavy atom. The standard InChI is InChI=1S/C15H27N3O/c16-15(7-3-1-4-8-15)14(19)18-11-10-17-9-5-2-6-13(17)12-18/h13H,1-12,16H2. The van der Waals surface area contributed by atoms with Crippen LogP contribution < -0.4 is 5.73 Å². The Bertz CT molecular complexity index is 338. The van der Waals surface area contributed by atoms with Crippen molar-refractivity contribution in [3.8, 4) is 0 Å². The van der Waals surface area contributed by atoms with E-state index in [-0.39, 0.29) is 5.91 Å². The number of fused-ring (bicyclic) bond motifs is 1. The van der Waals surface area contributed by atoms with E-state index in [1.165, 1.54) is 32.2 Å². The zero-order chi connectivity index (χ0) is 13.3. The normalized spacial score (nSPS) is 31.8. The highest BCUT2D eigenvalue weighted by molar-refractivity contribution is 5.86. The SMILES string of the molecule is NC1(C(=O)N2CCN3CCCCC3C2)CCCCC1. The smallest absolute Gasteiger partial charge is 0.242 e. The molecule has 2 N–H and O–H groups in total. The van der Waals surface area contributed by atoms with Crippen molar-refractivity contribution in [1.82, 2.24) is 9.80 Å². The van der Waals surface area contributed by atoms with Crippen molar-refractivity contribution in [1.29, 1.82) is 0 Å². The van der Waals surface area contributed by atoms with Gasteiger partial charge in [-0.25, -0.2) is 0 Å². The Kier molecular flexibility index (Phi) is 3.81. The van der Waals surface area contributed by atoms with Crippen molar-refractivity contribution in [2.75, 3.05) is 26.2 Å². The molecule has 0 aromatic heterocycles. The first-order chi connectivity index (χ1) is 9.19. The van der Waals surface area contributed by atoms with Gasteiger partial charge in [0.25, 0.3) is 0 Å². The molecule has 1 saturated carbocycles. The van der Waals surface area contributed by atoms with Gasteiger partial charge in [-0.3, -0.25) is 9.69 Å². The predicted octanol–water partition coefficient (Wildman–Crippen LogP) is 1.34. The van der Waals surface area contributed by atoms with Crippen molar-refractivity contribution in [3.05, 3.63) is 0 Å². The number of carbonyl (C=O) groups excluding carboxylic acids is 1. The van der Waals surface area contributed by atoms with Crippen molar-refractivity contribution in [3.63, 3.8) is 0 Å². The summed E-state index contributed by atoms with van der Waals surface area (Å²) in [6.45, 7) is 4.07. The molecule has 3 fully saturated rings. The summed E-state index contributed by atoms with van der Waals surface area (Å²) < 4.78 is 0. The van der Waals surface area contributed by atoms with Crippen LogP contribution in [0.2, 0.25) is 0 Å². The van der Waals surface area contributed by atoms with Gasteiger partial charge in [-0.15, -0.1) is 0 Å². The second-order valence-electron chi connectivity index (χ2n) is 6.65. The van der Waals surface area contributed by atoms with Gasteiger partial charge in [-0.05, 0) is 32.2 Å². The average molecular weight is 265 g/mol. The summed E-state index contributed by atoms with van der Waals surface area (Å²) in [5.41, 5.74) is 5.85. The van der Waals surface area contributed by atoms with Gasteiger partial charge in [-0.1, -0.05) is 25.7 Å². The largest absolute Gasteiger partial charge is 0.338 e. The van der Waals surface area contributed by atoms with E-state index in [4.69, 9.17) is 5.73 Å². The summed E-state index contributed by atoms with van der Waals surface area (Å²) in [5, 5.41) is 0. The van der Waals surface area contributed by atoms with E-state index in [0.717, 1.165) is 45.3 Å². The Morgan fingerprint density at radius 2 is 1.79 bits per heavy atom. The number of amides is 1. The summed E-state index contributed by atoms with van der Waals surface area (Å²) in [7, 11) is 0. The van der Waals surface area contributed by atoms with E-state index in [1.54, 1.807) is 0 Å². The lowest BCUT2D eigenvalue weighted by Gasteiger charge is -2.46. The van der Waals surface area contributed by atoms with Gasteiger partial charge < -0.3 is 10.6 Å². The minimum Gasteiger partial charge on any atom is -0.338 e. The van der Waals surface area contributed by atoms with Gasteiger partial charge >= 0.3 is 0 Å². The summed E-state index contributed by atoms with van der Waals surface area (Å²) in [6.07, 6.45) is 9.14. The highest BCUT2D eigenvalue weighted by atomic mass is 16.2. The molecule has 2 saturated heterocycles. The number of nitrogens with zero attached hydrogens (tertiary/aromatic N) is 2. The Morgan fingerprint density at radius 1 is 1.00 bits per heavy atom. The van der Waals surface area contributed by atoms with E-state index in [2.05, 4.69) is 9.80 Å². The van der Waals surface area contributed by atoms with Gasteiger partial charge in [0.1, 0.15) is 0 Å². The minimum atomic E-state index is -0.547. The fourth-order valence-corrected chi connectivity index (χ4v) is 4.05. The molecule has 3 rings (SSSR count). The van der Waals surface area contributed by atoms with E-state index >= 15 is 0 Å². The fourth-order valence-electron chi connectivity index (χ4n) is 4.05. The molecule has 108 valence electrons. The predicted molar refractivity (Wildman–Crippen MR) is 75.8 cm³/mol. The number of hydrogen-bond acceptors (Lipinski definition) is 3. The fraction of sp³-hybridized carbons (Fsp3) is 0.933. The molecule has 0 radical (unpaired) electrons. The number of piperazine rings is 1. The lowest BCUT2D eigenvalue weighted by Crippen LogP contribution is -2.63. The lowest BCUT2D eigenvalue weighted by molar-refractivity contribution is -0.141. The van der Waals surface area contributed by atoms with Crippen LogP contribution in [-0.2, 0) is 4.79 Å². The van der Waals surface area contributed by atoms with Crippen LogP contribution in [0.1, 0.15) is 51.4 Å². The third-order valence-corrected chi connectivity index (χ3v) is 5.30. The summed E-state index contributed by atoms with van der Waals surface area (Å²) >= 11 is 0. The molecule has 0 aromatic carbocycles. The minimum absolute atomic E-state index is 0.234. The molecule has 0 bridgehead atoms. The van der Waals surface area contributed by atoms with E-state index in [1.807, 2.05) is 0 Å². The zero-order valence-corrected chi connectivity index (χ0v) is 11.9. The van der Waals surface area contributed by atoms with Crippen LogP contribution in [0.5, 0.6) is 0 Å². The van der Waals surface area contributed by atoms with E-state index < -0.39 is 5.54 Å². The molecule has 4 heteroatoms. The van der Waals surface area contributed by atoms with Crippen LogP contribution in [0.15, 0.2) is 0 Å². The van der Waals surface area contributed by atoms with Crippen molar-refractivity contribution in [2.45, 2.75) is 62.9 Å².